The van der Waals surface area contributed by atoms with Crippen molar-refractivity contribution in [3.8, 4) is 6.07 Å². The number of hydrogen-bond acceptors (Lipinski definition) is 4. The van der Waals surface area contributed by atoms with Crippen molar-refractivity contribution in [3.63, 3.8) is 0 Å². The molecule has 1 rings (SSSR count). The van der Waals surface area contributed by atoms with E-state index in [1.807, 2.05) is 19.1 Å². The average molecular weight is 219 g/mol. The Kier molecular flexibility index (Phi) is 4.15. The van der Waals surface area contributed by atoms with Crippen molar-refractivity contribution in [2.24, 2.45) is 0 Å². The molecule has 0 radical (unpaired) electrons. The molecule has 0 saturated heterocycles. The Labute approximate surface area is 95.7 Å². The molecule has 0 bridgehead atoms. The first kappa shape index (κ1) is 12.3. The Hall–Kier alpha value is -1.73. The Bertz CT molecular complexity index is 396. The summed E-state index contributed by atoms with van der Waals surface area (Å²) in [6.07, 6.45) is 0.277. The summed E-state index contributed by atoms with van der Waals surface area (Å²) in [4.78, 5) is 0. The van der Waals surface area contributed by atoms with Crippen LogP contribution in [0, 0.1) is 11.3 Å². The summed E-state index contributed by atoms with van der Waals surface area (Å²) >= 11 is 0. The quantitative estimate of drug-likeness (QED) is 0.673. The highest BCUT2D eigenvalue weighted by Gasteiger charge is 2.09. The van der Waals surface area contributed by atoms with Gasteiger partial charge in [0.15, 0.2) is 0 Å². The maximum Gasteiger partial charge on any atom is 0.101 e. The fraction of sp³-hybridized carbons (Fsp3) is 0.417. The summed E-state index contributed by atoms with van der Waals surface area (Å²) in [7, 11) is 0. The number of rotatable bonds is 4. The molecule has 0 aliphatic heterocycles. The second kappa shape index (κ2) is 5.38. The Morgan fingerprint density at radius 2 is 2.19 bits per heavy atom. The molecular formula is C12H17N3O. The zero-order chi connectivity index (χ0) is 12.1. The van der Waals surface area contributed by atoms with Crippen LogP contribution in [-0.2, 0) is 0 Å². The summed E-state index contributed by atoms with van der Waals surface area (Å²) < 4.78 is 0. The summed E-state index contributed by atoms with van der Waals surface area (Å²) in [6.45, 7) is 3.71. The van der Waals surface area contributed by atoms with Gasteiger partial charge in [-0.15, -0.1) is 0 Å². The molecule has 0 fully saturated rings. The third-order valence-electron chi connectivity index (χ3n) is 2.32. The minimum absolute atomic E-state index is 0.108. The van der Waals surface area contributed by atoms with E-state index in [-0.39, 0.29) is 12.1 Å². The van der Waals surface area contributed by atoms with E-state index in [1.165, 1.54) is 0 Å². The molecule has 0 amide bonds. The van der Waals surface area contributed by atoms with Crippen molar-refractivity contribution in [2.75, 3.05) is 11.1 Å². The van der Waals surface area contributed by atoms with Crippen LogP contribution < -0.4 is 11.1 Å². The highest BCUT2D eigenvalue weighted by Crippen LogP contribution is 2.23. The van der Waals surface area contributed by atoms with Crippen LogP contribution in [0.25, 0.3) is 0 Å². The van der Waals surface area contributed by atoms with Gasteiger partial charge in [0, 0.05) is 6.04 Å². The number of nitrogen functional groups attached to an aromatic ring is 1. The van der Waals surface area contributed by atoms with Gasteiger partial charge in [-0.2, -0.15) is 5.26 Å². The molecule has 0 spiro atoms. The van der Waals surface area contributed by atoms with Crippen LogP contribution in [0.4, 0.5) is 11.4 Å². The van der Waals surface area contributed by atoms with Gasteiger partial charge in [-0.25, -0.2) is 0 Å². The minimum Gasteiger partial charge on any atom is -0.396 e. The number of nitrogens with one attached hydrogen (secondary N) is 1. The number of nitrogens with zero attached hydrogens (tertiary/aromatic N) is 1. The van der Waals surface area contributed by atoms with E-state index in [9.17, 15) is 5.11 Å². The van der Waals surface area contributed by atoms with Gasteiger partial charge in [-0.1, -0.05) is 6.07 Å². The average Bonchev–Trinajstić information content (AvgIpc) is 2.20. The number of anilines is 2. The van der Waals surface area contributed by atoms with Gasteiger partial charge in [-0.3, -0.25) is 0 Å². The fourth-order valence-corrected chi connectivity index (χ4v) is 1.62. The topological polar surface area (TPSA) is 82.1 Å². The molecule has 1 aromatic carbocycles. The molecule has 4 N–H and O–H groups in total. The molecular weight excluding hydrogens is 202 g/mol. The van der Waals surface area contributed by atoms with E-state index < -0.39 is 0 Å². The summed E-state index contributed by atoms with van der Waals surface area (Å²) in [6, 6.07) is 7.44. The van der Waals surface area contributed by atoms with Crippen LogP contribution in [0.3, 0.4) is 0 Å². The predicted molar refractivity (Wildman–Crippen MR) is 65.0 cm³/mol. The van der Waals surface area contributed by atoms with E-state index in [4.69, 9.17) is 11.0 Å². The predicted octanol–water partition coefficient (Wildman–Crippen LogP) is 1.71. The number of hydrogen-bond donors (Lipinski definition) is 3. The number of aliphatic hydroxyl groups is 1. The maximum absolute atomic E-state index is 9.25. The lowest BCUT2D eigenvalue weighted by atomic mass is 10.1. The van der Waals surface area contributed by atoms with E-state index in [0.29, 0.717) is 17.7 Å². The SMILES string of the molecule is CC(O)CC(C)Nc1cccc(C#N)c1N. The van der Waals surface area contributed by atoms with Gasteiger partial charge in [-0.05, 0) is 32.4 Å². The Balaban J connectivity index is 2.78. The molecule has 0 saturated carbocycles. The zero-order valence-electron chi connectivity index (χ0n) is 9.57. The standard InChI is InChI=1S/C12H17N3O/c1-8(6-9(2)16)15-11-5-3-4-10(7-13)12(11)14/h3-5,8-9,15-16H,6,14H2,1-2H3. The third-order valence-corrected chi connectivity index (χ3v) is 2.32. The minimum atomic E-state index is -0.358. The second-order valence-electron chi connectivity index (χ2n) is 4.01. The number of para-hydroxylation sites is 1. The van der Waals surface area contributed by atoms with Gasteiger partial charge < -0.3 is 16.2 Å². The Morgan fingerprint density at radius 3 is 2.75 bits per heavy atom. The van der Waals surface area contributed by atoms with Crippen molar-refractivity contribution >= 4 is 11.4 Å². The van der Waals surface area contributed by atoms with E-state index in [0.717, 1.165) is 5.69 Å². The monoisotopic (exact) mass is 219 g/mol. The molecule has 4 heteroatoms. The number of nitriles is 1. The van der Waals surface area contributed by atoms with Gasteiger partial charge in [0.25, 0.3) is 0 Å². The van der Waals surface area contributed by atoms with Crippen LogP contribution >= 0.6 is 0 Å². The molecule has 2 unspecified atom stereocenters. The molecule has 0 heterocycles. The van der Waals surface area contributed by atoms with Crippen molar-refractivity contribution in [3.05, 3.63) is 23.8 Å². The van der Waals surface area contributed by atoms with E-state index in [1.54, 1.807) is 19.1 Å². The first-order valence-corrected chi connectivity index (χ1v) is 5.27. The van der Waals surface area contributed by atoms with Gasteiger partial charge >= 0.3 is 0 Å². The molecule has 1 aromatic rings. The molecule has 4 nitrogen and oxygen atoms in total. The van der Waals surface area contributed by atoms with Crippen molar-refractivity contribution < 1.29 is 5.11 Å². The molecule has 86 valence electrons. The first-order chi connectivity index (χ1) is 7.54. The van der Waals surface area contributed by atoms with E-state index >= 15 is 0 Å². The summed E-state index contributed by atoms with van der Waals surface area (Å²) in [5.41, 5.74) is 7.50. The molecule has 16 heavy (non-hydrogen) atoms. The number of benzene rings is 1. The van der Waals surface area contributed by atoms with Crippen molar-refractivity contribution in [2.45, 2.75) is 32.4 Å². The highest BCUT2D eigenvalue weighted by atomic mass is 16.3. The molecule has 0 aromatic heterocycles. The number of aliphatic hydroxyl groups excluding tert-OH is 1. The zero-order valence-corrected chi connectivity index (χ0v) is 9.57. The summed E-state index contributed by atoms with van der Waals surface area (Å²) in [5, 5.41) is 21.3. The van der Waals surface area contributed by atoms with Crippen LogP contribution in [0.1, 0.15) is 25.8 Å². The smallest absolute Gasteiger partial charge is 0.101 e. The molecule has 2 atom stereocenters. The normalized spacial score (nSPS) is 13.9. The second-order valence-corrected chi connectivity index (χ2v) is 4.01. The fourth-order valence-electron chi connectivity index (χ4n) is 1.62. The van der Waals surface area contributed by atoms with Crippen LogP contribution in [-0.4, -0.2) is 17.3 Å². The lowest BCUT2D eigenvalue weighted by molar-refractivity contribution is 0.179. The molecule has 0 aliphatic carbocycles. The first-order valence-electron chi connectivity index (χ1n) is 5.27. The largest absolute Gasteiger partial charge is 0.396 e. The summed E-state index contributed by atoms with van der Waals surface area (Å²) in [5.74, 6) is 0. The van der Waals surface area contributed by atoms with Gasteiger partial charge in [0.1, 0.15) is 6.07 Å². The van der Waals surface area contributed by atoms with Crippen LogP contribution in [0.2, 0.25) is 0 Å². The van der Waals surface area contributed by atoms with Crippen LogP contribution in [0.5, 0.6) is 0 Å². The third kappa shape index (κ3) is 3.14. The lowest BCUT2D eigenvalue weighted by Gasteiger charge is -2.18. The Morgan fingerprint density at radius 1 is 1.50 bits per heavy atom. The molecule has 0 aliphatic rings. The van der Waals surface area contributed by atoms with Crippen molar-refractivity contribution in [1.82, 2.24) is 0 Å². The maximum atomic E-state index is 9.25. The number of nitrogens with two attached hydrogens (primary N) is 1. The van der Waals surface area contributed by atoms with Crippen molar-refractivity contribution in [1.29, 1.82) is 5.26 Å². The van der Waals surface area contributed by atoms with Crippen LogP contribution in [0.15, 0.2) is 18.2 Å². The van der Waals surface area contributed by atoms with Gasteiger partial charge in [0.05, 0.1) is 23.0 Å². The lowest BCUT2D eigenvalue weighted by Crippen LogP contribution is -2.21. The van der Waals surface area contributed by atoms with E-state index in [2.05, 4.69) is 5.32 Å². The van der Waals surface area contributed by atoms with Gasteiger partial charge in [0.2, 0.25) is 0 Å². The highest BCUT2D eigenvalue weighted by molar-refractivity contribution is 5.73.